The highest BCUT2D eigenvalue weighted by molar-refractivity contribution is 6.30. The van der Waals surface area contributed by atoms with Crippen molar-refractivity contribution in [3.63, 3.8) is 0 Å². The van der Waals surface area contributed by atoms with Crippen molar-refractivity contribution in [2.75, 3.05) is 23.7 Å². The van der Waals surface area contributed by atoms with Crippen LogP contribution in [0.2, 0.25) is 5.02 Å². The fourth-order valence-corrected chi connectivity index (χ4v) is 6.39. The van der Waals surface area contributed by atoms with Crippen LogP contribution in [0.1, 0.15) is 80.6 Å². The van der Waals surface area contributed by atoms with Crippen LogP contribution in [-0.4, -0.2) is 61.5 Å². The molecule has 1 saturated heterocycles. The maximum atomic E-state index is 13.0. The number of carbonyl (C=O) groups excluding carboxylic acids is 1. The number of piperidine rings is 1. The van der Waals surface area contributed by atoms with E-state index in [2.05, 4.69) is 15.2 Å². The summed E-state index contributed by atoms with van der Waals surface area (Å²) in [6.45, 7) is 1.36. The van der Waals surface area contributed by atoms with Gasteiger partial charge in [-0.1, -0.05) is 30.5 Å². The second-order valence-electron chi connectivity index (χ2n) is 11.1. The fraction of sp³-hybridized carbons (Fsp3) is 0.571. The van der Waals surface area contributed by atoms with E-state index in [1.807, 2.05) is 23.4 Å². The van der Waals surface area contributed by atoms with Crippen LogP contribution in [0, 0.1) is 0 Å². The van der Waals surface area contributed by atoms with E-state index >= 15 is 0 Å². The van der Waals surface area contributed by atoms with Gasteiger partial charge in [0, 0.05) is 47.8 Å². The lowest BCUT2D eigenvalue weighted by Crippen LogP contribution is -2.42. The van der Waals surface area contributed by atoms with Crippen LogP contribution >= 0.6 is 11.6 Å². The Balaban J connectivity index is 1.19. The van der Waals surface area contributed by atoms with E-state index < -0.39 is 0 Å². The first-order valence-electron chi connectivity index (χ1n) is 14.1. The lowest BCUT2D eigenvalue weighted by molar-refractivity contribution is 0.0718. The summed E-state index contributed by atoms with van der Waals surface area (Å²) < 4.78 is 2.25. The monoisotopic (exact) mass is 536 g/mol. The van der Waals surface area contributed by atoms with Crippen LogP contribution < -0.4 is 16.4 Å². The summed E-state index contributed by atoms with van der Waals surface area (Å²) in [6, 6.07) is 8.46. The second kappa shape index (κ2) is 11.1. The molecule has 0 unspecified atom stereocenters. The fourth-order valence-electron chi connectivity index (χ4n) is 6.20. The molecule has 6 rings (SSSR count). The van der Waals surface area contributed by atoms with Gasteiger partial charge in [0.2, 0.25) is 5.95 Å². The molecular weight excluding hydrogens is 500 g/mol. The van der Waals surface area contributed by atoms with Gasteiger partial charge in [0.1, 0.15) is 0 Å². The Morgan fingerprint density at radius 1 is 0.947 bits per heavy atom. The van der Waals surface area contributed by atoms with E-state index in [1.54, 1.807) is 12.1 Å². The van der Waals surface area contributed by atoms with Gasteiger partial charge >= 0.3 is 0 Å². The number of fused-ring (bicyclic) bond motifs is 1. The summed E-state index contributed by atoms with van der Waals surface area (Å²) in [7, 11) is 0. The molecule has 0 bridgehead atoms. The predicted octanol–water partition coefficient (Wildman–Crippen LogP) is 4.99. The van der Waals surface area contributed by atoms with Crippen LogP contribution in [0.5, 0.6) is 0 Å². The molecule has 1 aromatic carbocycles. The maximum Gasteiger partial charge on any atom is 0.253 e. The first-order chi connectivity index (χ1) is 18.5. The highest BCUT2D eigenvalue weighted by Crippen LogP contribution is 2.34. The number of amides is 1. The van der Waals surface area contributed by atoms with Crippen LogP contribution in [0.25, 0.3) is 11.2 Å². The molecule has 2 aromatic heterocycles. The van der Waals surface area contributed by atoms with Crippen LogP contribution in [0.3, 0.4) is 0 Å². The van der Waals surface area contributed by atoms with E-state index in [1.165, 1.54) is 25.7 Å². The lowest BCUT2D eigenvalue weighted by Gasteiger charge is -2.33. The number of anilines is 2. The molecular formula is C28H37ClN8O. The van der Waals surface area contributed by atoms with Crippen molar-refractivity contribution in [3.8, 4) is 0 Å². The van der Waals surface area contributed by atoms with Crippen molar-refractivity contribution in [1.82, 2.24) is 24.4 Å². The van der Waals surface area contributed by atoms with E-state index in [0.717, 1.165) is 55.5 Å². The summed E-state index contributed by atoms with van der Waals surface area (Å²) in [5.41, 5.74) is 8.49. The summed E-state index contributed by atoms with van der Waals surface area (Å²) in [5.74, 6) is 1.47. The normalized spacial score (nSPS) is 23.2. The SMILES string of the molecule is NC1CCC(Nc2nc(NC3CCN(C(=O)c4cccc(Cl)c4)CC3)c3ncn(C4CCCC4)c3n2)CC1. The quantitative estimate of drug-likeness (QED) is 0.406. The Labute approximate surface area is 228 Å². The maximum absolute atomic E-state index is 13.0. The van der Waals surface area contributed by atoms with Gasteiger partial charge in [-0.05, 0) is 69.6 Å². The Hall–Kier alpha value is -2.91. The number of aromatic nitrogens is 4. The van der Waals surface area contributed by atoms with Crippen LogP contribution in [0.15, 0.2) is 30.6 Å². The van der Waals surface area contributed by atoms with Crippen molar-refractivity contribution < 1.29 is 4.79 Å². The number of hydrogen-bond acceptors (Lipinski definition) is 7. The molecule has 0 radical (unpaired) electrons. The average Bonchev–Trinajstić information content (AvgIpc) is 3.60. The van der Waals surface area contributed by atoms with Gasteiger partial charge in [-0.3, -0.25) is 4.79 Å². The minimum Gasteiger partial charge on any atom is -0.365 e. The third-order valence-corrected chi connectivity index (χ3v) is 8.67. The number of carbonyl (C=O) groups is 1. The number of nitrogens with zero attached hydrogens (tertiary/aromatic N) is 5. The van der Waals surface area contributed by atoms with Crippen LogP contribution in [0.4, 0.5) is 11.8 Å². The lowest BCUT2D eigenvalue weighted by atomic mass is 9.92. The number of benzene rings is 1. The second-order valence-corrected chi connectivity index (χ2v) is 11.6. The van der Waals surface area contributed by atoms with Gasteiger partial charge in [0.05, 0.1) is 6.33 Å². The standard InChI is InChI=1S/C28H37ClN8O/c29-19-5-3-4-18(16-19)27(38)36-14-12-22(13-15-36)32-25-24-26(37(17-31-24)23-6-1-2-7-23)35-28(34-25)33-21-10-8-20(30)9-11-21/h3-5,16-17,20-23H,1-2,6-15,30H2,(H2,32,33,34,35). The highest BCUT2D eigenvalue weighted by atomic mass is 35.5. The molecule has 3 aliphatic rings. The first-order valence-corrected chi connectivity index (χ1v) is 14.5. The largest absolute Gasteiger partial charge is 0.365 e. The molecule has 3 fully saturated rings. The predicted molar refractivity (Wildman–Crippen MR) is 151 cm³/mol. The van der Waals surface area contributed by atoms with Crippen molar-refractivity contribution in [2.45, 2.75) is 88.4 Å². The number of nitrogens with one attached hydrogen (secondary N) is 2. The molecule has 1 amide bonds. The Bertz CT molecular complexity index is 1270. The summed E-state index contributed by atoms with van der Waals surface area (Å²) in [5, 5.41) is 7.86. The number of halogens is 1. The molecule has 1 aliphatic heterocycles. The van der Waals surface area contributed by atoms with Gasteiger partial charge < -0.3 is 25.8 Å². The van der Waals surface area contributed by atoms with Gasteiger partial charge in [-0.2, -0.15) is 9.97 Å². The zero-order chi connectivity index (χ0) is 26.1. The Morgan fingerprint density at radius 2 is 1.68 bits per heavy atom. The smallest absolute Gasteiger partial charge is 0.253 e. The molecule has 10 heteroatoms. The molecule has 2 aliphatic carbocycles. The zero-order valence-corrected chi connectivity index (χ0v) is 22.5. The zero-order valence-electron chi connectivity index (χ0n) is 21.8. The average molecular weight is 537 g/mol. The van der Waals surface area contributed by atoms with Gasteiger partial charge in [0.25, 0.3) is 5.91 Å². The molecule has 9 nitrogen and oxygen atoms in total. The van der Waals surface area contributed by atoms with E-state index in [4.69, 9.17) is 32.3 Å². The number of likely N-dealkylation sites (tertiary alicyclic amines) is 1. The van der Waals surface area contributed by atoms with E-state index in [0.29, 0.717) is 47.7 Å². The number of rotatable bonds is 6. The Morgan fingerprint density at radius 3 is 2.42 bits per heavy atom. The molecule has 4 N–H and O–H groups in total. The molecule has 202 valence electrons. The number of nitrogens with two attached hydrogens (primary N) is 1. The van der Waals surface area contributed by atoms with Crippen LogP contribution in [-0.2, 0) is 0 Å². The molecule has 0 spiro atoms. The minimum absolute atomic E-state index is 0.0318. The van der Waals surface area contributed by atoms with Crippen molar-refractivity contribution in [2.24, 2.45) is 5.73 Å². The third kappa shape index (κ3) is 5.45. The summed E-state index contributed by atoms with van der Waals surface area (Å²) in [4.78, 5) is 29.5. The molecule has 0 atom stereocenters. The topological polar surface area (TPSA) is 114 Å². The first kappa shape index (κ1) is 25.4. The van der Waals surface area contributed by atoms with Crippen molar-refractivity contribution >= 4 is 40.4 Å². The van der Waals surface area contributed by atoms with E-state index in [9.17, 15) is 4.79 Å². The van der Waals surface area contributed by atoms with Gasteiger partial charge in [0.15, 0.2) is 17.0 Å². The minimum atomic E-state index is 0.0318. The molecule has 3 aromatic rings. The van der Waals surface area contributed by atoms with Gasteiger partial charge in [-0.15, -0.1) is 0 Å². The van der Waals surface area contributed by atoms with E-state index in [-0.39, 0.29) is 11.9 Å². The molecule has 38 heavy (non-hydrogen) atoms. The number of hydrogen-bond donors (Lipinski definition) is 3. The summed E-state index contributed by atoms with van der Waals surface area (Å²) >= 11 is 6.10. The molecule has 3 heterocycles. The Kier molecular flexibility index (Phi) is 7.39. The highest BCUT2D eigenvalue weighted by Gasteiger charge is 2.27. The van der Waals surface area contributed by atoms with Crippen molar-refractivity contribution in [1.29, 1.82) is 0 Å². The molecule has 2 saturated carbocycles. The number of imidazole rings is 1. The summed E-state index contributed by atoms with van der Waals surface area (Å²) in [6.07, 6.45) is 12.6. The van der Waals surface area contributed by atoms with Crippen molar-refractivity contribution in [3.05, 3.63) is 41.2 Å². The van der Waals surface area contributed by atoms with Gasteiger partial charge in [-0.25, -0.2) is 4.98 Å². The third-order valence-electron chi connectivity index (χ3n) is 8.44.